The summed E-state index contributed by atoms with van der Waals surface area (Å²) < 4.78 is 0. The molecule has 136 valence electrons. The number of aliphatic hydroxyl groups excluding tert-OH is 1. The zero-order valence-electron chi connectivity index (χ0n) is 16.5. The molecule has 1 aliphatic rings. The van der Waals surface area contributed by atoms with Crippen LogP contribution in [0.25, 0.3) is 0 Å². The predicted molar refractivity (Wildman–Crippen MR) is 107 cm³/mol. The van der Waals surface area contributed by atoms with E-state index < -0.39 is 0 Å². The van der Waals surface area contributed by atoms with Crippen LogP contribution in [0.4, 0.5) is 0 Å². The highest BCUT2D eigenvalue weighted by molar-refractivity contribution is 8.00. The minimum absolute atomic E-state index is 0.149. The molecule has 2 heteroatoms. The monoisotopic (exact) mass is 348 g/mol. The maximum atomic E-state index is 10.6. The van der Waals surface area contributed by atoms with E-state index in [1.807, 2.05) is 11.8 Å². The predicted octanol–water partition coefficient (Wildman–Crippen LogP) is 6.46. The number of hydrogen-bond donors (Lipinski definition) is 1. The van der Waals surface area contributed by atoms with Gasteiger partial charge in [-0.1, -0.05) is 73.3 Å². The van der Waals surface area contributed by atoms with Crippen LogP contribution in [0, 0.1) is 0 Å². The normalized spacial score (nSPS) is 23.6. The standard InChI is InChI=1S/C22H36OS/c1-21(2,3)16-13-17(22(4,5)6)15-18(14-16)24-20-12-10-8-7-9-11-19(20)23/h13-15,19-20,23H,7-12H2,1-6H3. The average Bonchev–Trinajstić information content (AvgIpc) is 2.45. The summed E-state index contributed by atoms with van der Waals surface area (Å²) in [5.41, 5.74) is 3.10. The highest BCUT2D eigenvalue weighted by Crippen LogP contribution is 2.37. The quantitative estimate of drug-likeness (QED) is 0.662. The summed E-state index contributed by atoms with van der Waals surface area (Å²) in [6.07, 6.45) is 6.96. The zero-order chi connectivity index (χ0) is 18.0. The lowest BCUT2D eigenvalue weighted by Crippen LogP contribution is -2.24. The van der Waals surface area contributed by atoms with E-state index in [1.54, 1.807) is 0 Å². The molecule has 0 spiro atoms. The molecule has 0 aliphatic heterocycles. The molecule has 0 saturated heterocycles. The molecule has 1 aromatic rings. The van der Waals surface area contributed by atoms with Gasteiger partial charge in [-0.15, -0.1) is 11.8 Å². The number of benzene rings is 1. The lowest BCUT2D eigenvalue weighted by atomic mass is 9.81. The molecule has 2 atom stereocenters. The SMILES string of the molecule is CC(C)(C)c1cc(SC2CCCCCCC2O)cc(C(C)(C)C)c1. The Morgan fingerprint density at radius 2 is 1.29 bits per heavy atom. The fourth-order valence-corrected chi connectivity index (χ4v) is 4.59. The Balaban J connectivity index is 2.30. The van der Waals surface area contributed by atoms with Crippen LogP contribution in [0.3, 0.4) is 0 Å². The fraction of sp³-hybridized carbons (Fsp3) is 0.727. The third-order valence-electron chi connectivity index (χ3n) is 5.09. The largest absolute Gasteiger partial charge is 0.392 e. The van der Waals surface area contributed by atoms with Crippen molar-refractivity contribution in [3.8, 4) is 0 Å². The Bertz CT molecular complexity index is 504. The van der Waals surface area contributed by atoms with Crippen LogP contribution in [0.2, 0.25) is 0 Å². The summed E-state index contributed by atoms with van der Waals surface area (Å²) in [4.78, 5) is 1.33. The van der Waals surface area contributed by atoms with Gasteiger partial charge in [0.25, 0.3) is 0 Å². The summed E-state index contributed by atoms with van der Waals surface area (Å²) >= 11 is 1.91. The molecule has 0 radical (unpaired) electrons. The van der Waals surface area contributed by atoms with E-state index in [9.17, 15) is 5.11 Å². The Morgan fingerprint density at radius 3 is 1.79 bits per heavy atom. The van der Waals surface area contributed by atoms with Crippen LogP contribution >= 0.6 is 11.8 Å². The Morgan fingerprint density at radius 1 is 0.792 bits per heavy atom. The second kappa shape index (κ2) is 7.83. The highest BCUT2D eigenvalue weighted by atomic mass is 32.2. The van der Waals surface area contributed by atoms with Gasteiger partial charge in [0.15, 0.2) is 0 Å². The Hall–Kier alpha value is -0.470. The molecule has 0 heterocycles. The lowest BCUT2D eigenvalue weighted by molar-refractivity contribution is 0.148. The van der Waals surface area contributed by atoms with Crippen LogP contribution < -0.4 is 0 Å². The molecule has 24 heavy (non-hydrogen) atoms. The van der Waals surface area contributed by atoms with Gasteiger partial charge in [0, 0.05) is 10.1 Å². The molecule has 1 nitrogen and oxygen atoms in total. The number of rotatable bonds is 2. The molecule has 2 rings (SSSR count). The summed E-state index contributed by atoms with van der Waals surface area (Å²) in [7, 11) is 0. The Kier molecular flexibility index (Phi) is 6.47. The molecule has 1 aromatic carbocycles. The molecule has 1 aliphatic carbocycles. The summed E-state index contributed by atoms with van der Waals surface area (Å²) in [5.74, 6) is 0. The van der Waals surface area contributed by atoms with Gasteiger partial charge >= 0.3 is 0 Å². The minimum Gasteiger partial charge on any atom is -0.392 e. The molecule has 1 fully saturated rings. The molecule has 0 aromatic heterocycles. The van der Waals surface area contributed by atoms with Crippen LogP contribution in [0.5, 0.6) is 0 Å². The van der Waals surface area contributed by atoms with Gasteiger partial charge in [0.2, 0.25) is 0 Å². The number of hydrogen-bond acceptors (Lipinski definition) is 2. The first-order valence-corrected chi connectivity index (χ1v) is 10.5. The molecular formula is C22H36OS. The summed E-state index contributed by atoms with van der Waals surface area (Å²) in [5, 5.41) is 10.9. The first-order valence-electron chi connectivity index (χ1n) is 9.58. The van der Waals surface area contributed by atoms with Crippen molar-refractivity contribution < 1.29 is 5.11 Å². The smallest absolute Gasteiger partial charge is 0.0662 e. The van der Waals surface area contributed by atoms with E-state index in [-0.39, 0.29) is 16.9 Å². The van der Waals surface area contributed by atoms with Crippen LogP contribution in [-0.2, 0) is 10.8 Å². The maximum Gasteiger partial charge on any atom is 0.0662 e. The van der Waals surface area contributed by atoms with E-state index in [4.69, 9.17) is 0 Å². The van der Waals surface area contributed by atoms with E-state index in [2.05, 4.69) is 59.7 Å². The van der Waals surface area contributed by atoms with Gasteiger partial charge in [-0.3, -0.25) is 0 Å². The first kappa shape index (κ1) is 19.8. The van der Waals surface area contributed by atoms with Crippen molar-refractivity contribution in [1.82, 2.24) is 0 Å². The third-order valence-corrected chi connectivity index (χ3v) is 6.45. The van der Waals surface area contributed by atoms with Crippen LogP contribution in [0.15, 0.2) is 23.1 Å². The van der Waals surface area contributed by atoms with Crippen molar-refractivity contribution in [2.45, 2.75) is 107 Å². The third kappa shape index (κ3) is 5.52. The number of aliphatic hydroxyl groups is 1. The molecule has 1 N–H and O–H groups in total. The second-order valence-electron chi connectivity index (χ2n) is 9.46. The van der Waals surface area contributed by atoms with Gasteiger partial charge < -0.3 is 5.11 Å². The maximum absolute atomic E-state index is 10.6. The molecule has 1 saturated carbocycles. The highest BCUT2D eigenvalue weighted by Gasteiger charge is 2.25. The fourth-order valence-electron chi connectivity index (χ4n) is 3.28. The number of thioether (sulfide) groups is 1. The van der Waals surface area contributed by atoms with Crippen molar-refractivity contribution >= 4 is 11.8 Å². The van der Waals surface area contributed by atoms with E-state index in [0.717, 1.165) is 12.8 Å². The molecule has 0 bridgehead atoms. The topological polar surface area (TPSA) is 20.2 Å². The van der Waals surface area contributed by atoms with E-state index >= 15 is 0 Å². The van der Waals surface area contributed by atoms with Gasteiger partial charge in [-0.25, -0.2) is 0 Å². The van der Waals surface area contributed by atoms with Crippen molar-refractivity contribution in [1.29, 1.82) is 0 Å². The minimum atomic E-state index is -0.160. The zero-order valence-corrected chi connectivity index (χ0v) is 17.3. The lowest BCUT2D eigenvalue weighted by Gasteiger charge is -2.28. The molecule has 2 unspecified atom stereocenters. The molecular weight excluding hydrogens is 312 g/mol. The van der Waals surface area contributed by atoms with Crippen LogP contribution in [0.1, 0.15) is 91.2 Å². The van der Waals surface area contributed by atoms with Crippen LogP contribution in [-0.4, -0.2) is 16.5 Å². The first-order chi connectivity index (χ1) is 11.1. The second-order valence-corrected chi connectivity index (χ2v) is 10.8. The summed E-state index contributed by atoms with van der Waals surface area (Å²) in [6, 6.07) is 7.08. The van der Waals surface area contributed by atoms with E-state index in [0.29, 0.717) is 5.25 Å². The van der Waals surface area contributed by atoms with Crippen molar-refractivity contribution in [3.63, 3.8) is 0 Å². The van der Waals surface area contributed by atoms with Gasteiger partial charge in [0.05, 0.1) is 6.10 Å². The van der Waals surface area contributed by atoms with Gasteiger partial charge in [-0.2, -0.15) is 0 Å². The average molecular weight is 349 g/mol. The summed E-state index contributed by atoms with van der Waals surface area (Å²) in [6.45, 7) is 13.7. The van der Waals surface area contributed by atoms with E-state index in [1.165, 1.54) is 41.7 Å². The molecule has 0 amide bonds. The van der Waals surface area contributed by atoms with Crippen molar-refractivity contribution in [3.05, 3.63) is 29.3 Å². The van der Waals surface area contributed by atoms with Crippen molar-refractivity contribution in [2.75, 3.05) is 0 Å². The van der Waals surface area contributed by atoms with Crippen molar-refractivity contribution in [2.24, 2.45) is 0 Å². The van der Waals surface area contributed by atoms with Gasteiger partial charge in [-0.05, 0) is 46.9 Å². The van der Waals surface area contributed by atoms with Gasteiger partial charge in [0.1, 0.15) is 0 Å². The Labute approximate surface area is 153 Å².